The van der Waals surface area contributed by atoms with Gasteiger partial charge in [-0.25, -0.2) is 0 Å². The summed E-state index contributed by atoms with van der Waals surface area (Å²) in [6.45, 7) is 3.11. The molecule has 1 aromatic carbocycles. The van der Waals surface area contributed by atoms with Crippen LogP contribution in [-0.2, 0) is 24.4 Å². The summed E-state index contributed by atoms with van der Waals surface area (Å²) in [4.78, 5) is 14.6. The van der Waals surface area contributed by atoms with Crippen LogP contribution >= 0.6 is 0 Å². The number of aliphatic hydroxyl groups excluding tert-OH is 4. The molecule has 6 heterocycles. The number of para-hydroxylation sites is 1. The highest BCUT2D eigenvalue weighted by Gasteiger charge is 2.77. The smallest absolute Gasteiger partial charge is 0.304 e. The molecule has 0 radical (unpaired) electrons. The SMILES string of the molecule is CCC1C2CC3C4Nc5ccccc5C45CC(C2C5OC2OC(CO)C(O)C(O)C2O)N3C1OC(C)=O. The van der Waals surface area contributed by atoms with Gasteiger partial charge in [-0.05, 0) is 36.8 Å². The first-order valence-electron chi connectivity index (χ1n) is 13.6. The van der Waals surface area contributed by atoms with Crippen molar-refractivity contribution in [1.29, 1.82) is 0 Å². The van der Waals surface area contributed by atoms with Crippen LogP contribution in [0.3, 0.4) is 0 Å². The van der Waals surface area contributed by atoms with Crippen molar-refractivity contribution < 1.29 is 39.4 Å². The average Bonchev–Trinajstić information content (AvgIpc) is 3.36. The van der Waals surface area contributed by atoms with Crippen LogP contribution in [0.2, 0.25) is 0 Å². The maximum Gasteiger partial charge on any atom is 0.304 e. The van der Waals surface area contributed by atoms with E-state index in [0.717, 1.165) is 24.9 Å². The molecule has 5 saturated heterocycles. The Labute approximate surface area is 215 Å². The topological polar surface area (TPSA) is 141 Å². The summed E-state index contributed by atoms with van der Waals surface area (Å²) in [5.41, 5.74) is 1.87. The van der Waals surface area contributed by atoms with Gasteiger partial charge in [0.2, 0.25) is 0 Å². The first-order valence-corrected chi connectivity index (χ1v) is 13.6. The first-order chi connectivity index (χ1) is 17.8. The molecule has 15 atom stereocenters. The lowest BCUT2D eigenvalue weighted by atomic mass is 9.62. The van der Waals surface area contributed by atoms with Crippen molar-refractivity contribution >= 4 is 11.7 Å². The highest BCUT2D eigenvalue weighted by atomic mass is 16.7. The molecule has 15 unspecified atom stereocenters. The third-order valence-corrected chi connectivity index (χ3v) is 10.4. The summed E-state index contributed by atoms with van der Waals surface area (Å²) < 4.78 is 18.6. The number of rotatable bonds is 5. The molecular weight excluding hydrogens is 480 g/mol. The third-order valence-electron chi connectivity index (χ3n) is 10.4. The van der Waals surface area contributed by atoms with Crippen molar-refractivity contribution in [2.45, 2.75) is 99.7 Å². The van der Waals surface area contributed by atoms with Crippen LogP contribution in [0.1, 0.15) is 38.7 Å². The fourth-order valence-electron chi connectivity index (χ4n) is 9.18. The van der Waals surface area contributed by atoms with E-state index in [1.807, 2.05) is 12.1 Å². The lowest BCUT2D eigenvalue weighted by Crippen LogP contribution is -2.72. The van der Waals surface area contributed by atoms with E-state index in [1.54, 1.807) is 0 Å². The molecule has 0 aromatic heterocycles. The van der Waals surface area contributed by atoms with Crippen molar-refractivity contribution in [2.75, 3.05) is 11.9 Å². The maximum atomic E-state index is 12.1. The number of fused-ring (bicyclic) bond motifs is 2. The predicted molar refractivity (Wildman–Crippen MR) is 129 cm³/mol. The van der Waals surface area contributed by atoms with E-state index in [2.05, 4.69) is 29.3 Å². The molecule has 37 heavy (non-hydrogen) atoms. The Balaban J connectivity index is 1.33. The van der Waals surface area contributed by atoms with Gasteiger partial charge < -0.3 is 40.0 Å². The minimum Gasteiger partial charge on any atom is -0.446 e. The molecule has 6 fully saturated rings. The number of esters is 1. The van der Waals surface area contributed by atoms with E-state index in [-0.39, 0.29) is 59.6 Å². The normalized spacial score (nSPS) is 52.5. The van der Waals surface area contributed by atoms with Crippen LogP contribution in [0.15, 0.2) is 24.3 Å². The standard InChI is InChI=1S/C27H36N2O8/c1-3-12-13-8-16-23-27(14-6-4-5-7-15(14)28-23)9-17(29(16)25(12)35-11(2)31)19(13)24(27)37-26-22(34)21(33)20(32)18(10-30)36-26/h4-7,12-13,16-26,28,30,32-34H,3,8-10H2,1-2H3. The number of carbonyl (C=O) groups excluding carboxylic acids is 1. The van der Waals surface area contributed by atoms with Gasteiger partial charge in [-0.1, -0.05) is 25.1 Å². The molecular formula is C27H36N2O8. The number of benzene rings is 1. The Kier molecular flexibility index (Phi) is 5.48. The Bertz CT molecular complexity index is 1090. The largest absolute Gasteiger partial charge is 0.446 e. The van der Waals surface area contributed by atoms with Crippen molar-refractivity contribution in [1.82, 2.24) is 4.90 Å². The minimum atomic E-state index is -1.49. The van der Waals surface area contributed by atoms with Gasteiger partial charge in [0.1, 0.15) is 24.4 Å². The summed E-state index contributed by atoms with van der Waals surface area (Å²) in [5.74, 6) is 0.251. The number of hydrogen-bond acceptors (Lipinski definition) is 10. The van der Waals surface area contributed by atoms with Crippen LogP contribution in [0.25, 0.3) is 0 Å². The van der Waals surface area contributed by atoms with Gasteiger partial charge in [0.15, 0.2) is 12.5 Å². The van der Waals surface area contributed by atoms with E-state index in [9.17, 15) is 25.2 Å². The van der Waals surface area contributed by atoms with E-state index in [4.69, 9.17) is 14.2 Å². The summed E-state index contributed by atoms with van der Waals surface area (Å²) in [5, 5.41) is 45.2. The molecule has 6 bridgehead atoms. The lowest BCUT2D eigenvalue weighted by Gasteiger charge is -2.62. The second-order valence-corrected chi connectivity index (χ2v) is 11.8. The zero-order valence-corrected chi connectivity index (χ0v) is 21.0. The molecule has 1 aromatic rings. The fraction of sp³-hybridized carbons (Fsp3) is 0.741. The van der Waals surface area contributed by atoms with Crippen molar-refractivity contribution in [3.8, 4) is 0 Å². The summed E-state index contributed by atoms with van der Waals surface area (Å²) in [6, 6.07) is 8.59. The molecule has 0 amide bonds. The lowest BCUT2D eigenvalue weighted by molar-refractivity contribution is -0.320. The van der Waals surface area contributed by atoms with Gasteiger partial charge in [-0.15, -0.1) is 0 Å². The predicted octanol–water partition coefficient (Wildman–Crippen LogP) is -0.0748. The molecule has 7 aliphatic rings. The third kappa shape index (κ3) is 3.03. The highest BCUT2D eigenvalue weighted by molar-refractivity contribution is 5.67. The molecule has 10 heteroatoms. The molecule has 5 N–H and O–H groups in total. The Morgan fingerprint density at radius 2 is 1.97 bits per heavy atom. The zero-order valence-electron chi connectivity index (χ0n) is 21.0. The van der Waals surface area contributed by atoms with Gasteiger partial charge in [0, 0.05) is 41.9 Å². The van der Waals surface area contributed by atoms with Crippen LogP contribution < -0.4 is 5.32 Å². The average molecular weight is 517 g/mol. The highest BCUT2D eigenvalue weighted by Crippen LogP contribution is 2.69. The molecule has 1 aliphatic carbocycles. The van der Waals surface area contributed by atoms with Crippen molar-refractivity contribution in [3.05, 3.63) is 29.8 Å². The molecule has 10 nitrogen and oxygen atoms in total. The van der Waals surface area contributed by atoms with E-state index in [1.165, 1.54) is 12.5 Å². The van der Waals surface area contributed by atoms with Crippen LogP contribution in [0.5, 0.6) is 0 Å². The molecule has 6 aliphatic heterocycles. The number of aliphatic hydroxyl groups is 4. The van der Waals surface area contributed by atoms with Crippen molar-refractivity contribution in [3.63, 3.8) is 0 Å². The number of hydrogen-bond donors (Lipinski definition) is 5. The van der Waals surface area contributed by atoms with Crippen LogP contribution in [0.4, 0.5) is 5.69 Å². The van der Waals surface area contributed by atoms with Gasteiger partial charge in [0.25, 0.3) is 0 Å². The van der Waals surface area contributed by atoms with Crippen molar-refractivity contribution in [2.24, 2.45) is 17.8 Å². The number of ether oxygens (including phenoxy) is 3. The molecule has 8 rings (SSSR count). The number of carbonyl (C=O) groups is 1. The van der Waals surface area contributed by atoms with Crippen LogP contribution in [-0.4, -0.2) is 99.1 Å². The zero-order chi connectivity index (χ0) is 25.8. The molecule has 1 saturated carbocycles. The van der Waals surface area contributed by atoms with Gasteiger partial charge in [-0.2, -0.15) is 0 Å². The summed E-state index contributed by atoms with van der Waals surface area (Å²) in [6.07, 6.45) is -4.59. The summed E-state index contributed by atoms with van der Waals surface area (Å²) in [7, 11) is 0. The van der Waals surface area contributed by atoms with E-state index >= 15 is 0 Å². The number of nitrogens with zero attached hydrogens (tertiary/aromatic N) is 1. The first kappa shape index (κ1) is 24.3. The Hall–Kier alpha value is -1.79. The quantitative estimate of drug-likeness (QED) is 0.338. The fourth-order valence-corrected chi connectivity index (χ4v) is 9.18. The summed E-state index contributed by atoms with van der Waals surface area (Å²) >= 11 is 0. The minimum absolute atomic E-state index is 0.0156. The molecule has 202 valence electrons. The molecule has 1 spiro atoms. The Morgan fingerprint density at radius 3 is 2.70 bits per heavy atom. The second-order valence-electron chi connectivity index (χ2n) is 11.8. The van der Waals surface area contributed by atoms with Crippen LogP contribution in [0, 0.1) is 17.8 Å². The van der Waals surface area contributed by atoms with Gasteiger partial charge in [0.05, 0.1) is 18.8 Å². The monoisotopic (exact) mass is 516 g/mol. The van der Waals surface area contributed by atoms with E-state index in [0.29, 0.717) is 0 Å². The maximum absolute atomic E-state index is 12.1. The number of piperidine rings is 4. The van der Waals surface area contributed by atoms with E-state index < -0.39 is 37.3 Å². The number of nitrogens with one attached hydrogen (secondary N) is 1. The number of anilines is 1. The van der Waals surface area contributed by atoms with Gasteiger partial charge in [-0.3, -0.25) is 9.69 Å². The second kappa shape index (κ2) is 8.35. The Morgan fingerprint density at radius 1 is 1.19 bits per heavy atom. The van der Waals surface area contributed by atoms with Gasteiger partial charge >= 0.3 is 5.97 Å².